The monoisotopic (exact) mass is 373 g/mol. The Balaban J connectivity index is 0.00000144. The average molecular weight is 374 g/mol. The van der Waals surface area contributed by atoms with Crippen molar-refractivity contribution in [1.29, 1.82) is 0 Å². The van der Waals surface area contributed by atoms with Crippen LogP contribution in [-0.4, -0.2) is 48.4 Å². The van der Waals surface area contributed by atoms with Gasteiger partial charge in [0.05, 0.1) is 0 Å². The molecule has 2 heterocycles. The van der Waals surface area contributed by atoms with Crippen LogP contribution in [-0.2, 0) is 0 Å². The molecule has 2 aliphatic rings. The second kappa shape index (κ2) is 9.50. The fourth-order valence-corrected chi connectivity index (χ4v) is 3.71. The minimum atomic E-state index is 0. The number of carbonyl (C=O) groups excluding carboxylic acids is 1. The maximum Gasteiger partial charge on any atom is 0.254 e. The molecular formula is C18H29Cl2N3O. The molecule has 3 rings (SSSR count). The van der Waals surface area contributed by atoms with E-state index in [0.717, 1.165) is 37.2 Å². The molecule has 1 amide bonds. The van der Waals surface area contributed by atoms with Crippen LogP contribution in [0.3, 0.4) is 0 Å². The summed E-state index contributed by atoms with van der Waals surface area (Å²) in [5.41, 5.74) is 8.28. The quantitative estimate of drug-likeness (QED) is 0.826. The molecule has 4 nitrogen and oxygen atoms in total. The third-order valence-corrected chi connectivity index (χ3v) is 5.03. The Bertz CT molecular complexity index is 547. The van der Waals surface area contributed by atoms with Crippen molar-refractivity contribution < 1.29 is 4.79 Å². The van der Waals surface area contributed by atoms with Gasteiger partial charge in [0.1, 0.15) is 0 Å². The Labute approximate surface area is 157 Å². The number of benzene rings is 1. The number of rotatable bonds is 3. The number of likely N-dealkylation sites (tertiary alicyclic amines) is 2. The lowest BCUT2D eigenvalue weighted by Crippen LogP contribution is -2.36. The SMILES string of the molecule is Cc1ccc(N)cc1C(=O)N1CCC(CN2CCCCC2)C1.Cl.Cl. The minimum absolute atomic E-state index is 0. The summed E-state index contributed by atoms with van der Waals surface area (Å²) in [5, 5.41) is 0. The lowest BCUT2D eigenvalue weighted by atomic mass is 10.1. The topological polar surface area (TPSA) is 49.6 Å². The van der Waals surface area contributed by atoms with Crippen LogP contribution in [0.15, 0.2) is 18.2 Å². The third kappa shape index (κ3) is 5.01. The van der Waals surface area contributed by atoms with E-state index >= 15 is 0 Å². The van der Waals surface area contributed by atoms with E-state index in [1.54, 1.807) is 0 Å². The molecule has 24 heavy (non-hydrogen) atoms. The Hall–Kier alpha value is -0.970. The van der Waals surface area contributed by atoms with Gasteiger partial charge in [-0.1, -0.05) is 12.5 Å². The van der Waals surface area contributed by atoms with Gasteiger partial charge in [0.2, 0.25) is 0 Å². The summed E-state index contributed by atoms with van der Waals surface area (Å²) in [6.45, 7) is 7.38. The standard InChI is InChI=1S/C18H27N3O.2ClH/c1-14-5-6-16(19)11-17(14)18(22)21-10-7-15(13-21)12-20-8-3-2-4-9-20;;/h5-6,11,15H,2-4,7-10,12-13,19H2,1H3;2*1H. The molecule has 1 aromatic rings. The highest BCUT2D eigenvalue weighted by atomic mass is 35.5. The van der Waals surface area contributed by atoms with Crippen molar-refractivity contribution in [2.75, 3.05) is 38.5 Å². The van der Waals surface area contributed by atoms with Crippen LogP contribution in [0.5, 0.6) is 0 Å². The average Bonchev–Trinajstić information content (AvgIpc) is 2.98. The number of carbonyl (C=O) groups is 1. The van der Waals surface area contributed by atoms with Crippen LogP contribution in [0.25, 0.3) is 0 Å². The Kier molecular flexibility index (Phi) is 8.34. The number of anilines is 1. The number of nitrogen functional groups attached to an aromatic ring is 1. The molecule has 0 saturated carbocycles. The number of hydrogen-bond donors (Lipinski definition) is 1. The van der Waals surface area contributed by atoms with E-state index in [4.69, 9.17) is 5.73 Å². The van der Waals surface area contributed by atoms with E-state index in [2.05, 4.69) is 4.90 Å². The molecule has 0 radical (unpaired) electrons. The van der Waals surface area contributed by atoms with E-state index < -0.39 is 0 Å². The van der Waals surface area contributed by atoms with Gasteiger partial charge in [0, 0.05) is 30.9 Å². The van der Waals surface area contributed by atoms with E-state index in [0.29, 0.717) is 11.6 Å². The normalized spacial score (nSPS) is 21.0. The Morgan fingerprint density at radius 2 is 1.88 bits per heavy atom. The van der Waals surface area contributed by atoms with Gasteiger partial charge in [-0.2, -0.15) is 0 Å². The summed E-state index contributed by atoms with van der Waals surface area (Å²) in [7, 11) is 0. The van der Waals surface area contributed by atoms with Gasteiger partial charge in [-0.05, 0) is 62.9 Å². The molecule has 2 fully saturated rings. The molecule has 6 heteroatoms. The molecule has 2 aliphatic heterocycles. The molecule has 0 aromatic heterocycles. The fraction of sp³-hybridized carbons (Fsp3) is 0.611. The number of halogens is 2. The summed E-state index contributed by atoms with van der Waals surface area (Å²) >= 11 is 0. The fourth-order valence-electron chi connectivity index (χ4n) is 3.71. The van der Waals surface area contributed by atoms with Gasteiger partial charge in [0.15, 0.2) is 0 Å². The van der Waals surface area contributed by atoms with Crippen molar-refractivity contribution in [2.45, 2.75) is 32.6 Å². The van der Waals surface area contributed by atoms with E-state index in [1.807, 2.05) is 30.0 Å². The van der Waals surface area contributed by atoms with Crippen LogP contribution in [0.1, 0.15) is 41.6 Å². The second-order valence-corrected chi connectivity index (χ2v) is 6.84. The van der Waals surface area contributed by atoms with Crippen molar-refractivity contribution in [3.8, 4) is 0 Å². The van der Waals surface area contributed by atoms with Crippen molar-refractivity contribution in [3.05, 3.63) is 29.3 Å². The number of aryl methyl sites for hydroxylation is 1. The van der Waals surface area contributed by atoms with Crippen LogP contribution in [0.2, 0.25) is 0 Å². The van der Waals surface area contributed by atoms with E-state index in [9.17, 15) is 4.79 Å². The first-order valence-electron chi connectivity index (χ1n) is 8.51. The molecule has 1 atom stereocenters. The number of hydrogen-bond acceptors (Lipinski definition) is 3. The number of nitrogens with two attached hydrogens (primary N) is 1. The zero-order valence-electron chi connectivity index (χ0n) is 14.4. The van der Waals surface area contributed by atoms with Crippen LogP contribution in [0.4, 0.5) is 5.69 Å². The largest absolute Gasteiger partial charge is 0.399 e. The summed E-state index contributed by atoms with van der Waals surface area (Å²) in [5.74, 6) is 0.773. The van der Waals surface area contributed by atoms with Gasteiger partial charge in [-0.15, -0.1) is 24.8 Å². The zero-order chi connectivity index (χ0) is 15.5. The van der Waals surface area contributed by atoms with E-state index in [1.165, 1.54) is 32.4 Å². The van der Waals surface area contributed by atoms with Crippen molar-refractivity contribution in [2.24, 2.45) is 5.92 Å². The van der Waals surface area contributed by atoms with E-state index in [-0.39, 0.29) is 30.7 Å². The van der Waals surface area contributed by atoms with Crippen LogP contribution < -0.4 is 5.73 Å². The molecule has 1 unspecified atom stereocenters. The molecule has 1 aromatic carbocycles. The van der Waals surface area contributed by atoms with Crippen LogP contribution >= 0.6 is 24.8 Å². The summed E-state index contributed by atoms with van der Waals surface area (Å²) in [6, 6.07) is 5.61. The maximum atomic E-state index is 12.7. The summed E-state index contributed by atoms with van der Waals surface area (Å²) < 4.78 is 0. The molecule has 2 saturated heterocycles. The highest BCUT2D eigenvalue weighted by Crippen LogP contribution is 2.23. The van der Waals surface area contributed by atoms with Gasteiger partial charge < -0.3 is 15.5 Å². The predicted octanol–water partition coefficient (Wildman–Crippen LogP) is 3.37. The van der Waals surface area contributed by atoms with Crippen LogP contribution in [0, 0.1) is 12.8 Å². The lowest BCUT2D eigenvalue weighted by molar-refractivity contribution is 0.0781. The number of nitrogens with zero attached hydrogens (tertiary/aromatic N) is 2. The lowest BCUT2D eigenvalue weighted by Gasteiger charge is -2.29. The Morgan fingerprint density at radius 1 is 1.17 bits per heavy atom. The highest BCUT2D eigenvalue weighted by molar-refractivity contribution is 5.96. The predicted molar refractivity (Wildman–Crippen MR) is 104 cm³/mol. The van der Waals surface area contributed by atoms with Gasteiger partial charge in [-0.3, -0.25) is 4.79 Å². The van der Waals surface area contributed by atoms with Gasteiger partial charge >= 0.3 is 0 Å². The first-order valence-corrected chi connectivity index (χ1v) is 8.51. The highest BCUT2D eigenvalue weighted by Gasteiger charge is 2.29. The molecule has 0 spiro atoms. The first-order chi connectivity index (χ1) is 10.6. The maximum absolute atomic E-state index is 12.7. The molecule has 2 N–H and O–H groups in total. The number of amides is 1. The zero-order valence-corrected chi connectivity index (χ0v) is 16.0. The first kappa shape index (κ1) is 21.1. The second-order valence-electron chi connectivity index (χ2n) is 6.84. The molecule has 0 aliphatic carbocycles. The van der Waals surface area contributed by atoms with Gasteiger partial charge in [0.25, 0.3) is 5.91 Å². The molecular weight excluding hydrogens is 345 g/mol. The Morgan fingerprint density at radius 3 is 2.58 bits per heavy atom. The van der Waals surface area contributed by atoms with Crippen molar-refractivity contribution >= 4 is 36.4 Å². The van der Waals surface area contributed by atoms with Crippen molar-refractivity contribution in [3.63, 3.8) is 0 Å². The minimum Gasteiger partial charge on any atom is -0.399 e. The smallest absolute Gasteiger partial charge is 0.254 e. The van der Waals surface area contributed by atoms with Crippen molar-refractivity contribution in [1.82, 2.24) is 9.80 Å². The summed E-state index contributed by atoms with van der Waals surface area (Å²) in [4.78, 5) is 17.3. The van der Waals surface area contributed by atoms with Gasteiger partial charge in [-0.25, -0.2) is 0 Å². The summed E-state index contributed by atoms with van der Waals surface area (Å²) in [6.07, 6.45) is 5.17. The molecule has 136 valence electrons. The third-order valence-electron chi connectivity index (χ3n) is 5.03. The number of piperidine rings is 1. The molecule has 0 bridgehead atoms.